The van der Waals surface area contributed by atoms with Crippen molar-refractivity contribution in [2.45, 2.75) is 0 Å². The number of carboxylic acid groups (broad SMARTS) is 1. The first-order chi connectivity index (χ1) is 8.08. The summed E-state index contributed by atoms with van der Waals surface area (Å²) >= 11 is 0. The molecule has 0 aliphatic heterocycles. The van der Waals surface area contributed by atoms with Gasteiger partial charge in [-0.2, -0.15) is 0 Å². The first-order valence-corrected chi connectivity index (χ1v) is 4.76. The number of phenolic OH excluding ortho intramolecular Hbond substituents is 1. The van der Waals surface area contributed by atoms with Crippen LogP contribution in [0.4, 0.5) is 4.39 Å². The van der Waals surface area contributed by atoms with Gasteiger partial charge in [-0.1, -0.05) is 0 Å². The summed E-state index contributed by atoms with van der Waals surface area (Å²) in [6.45, 7) is 0. The monoisotopic (exact) mass is 233 g/mol. The molecule has 5 heteroatoms. The summed E-state index contributed by atoms with van der Waals surface area (Å²) in [6, 6.07) is 6.72. The van der Waals surface area contributed by atoms with Gasteiger partial charge in [0.1, 0.15) is 0 Å². The van der Waals surface area contributed by atoms with E-state index in [2.05, 4.69) is 4.98 Å². The molecule has 2 rings (SSSR count). The van der Waals surface area contributed by atoms with Crippen LogP contribution in [-0.4, -0.2) is 21.2 Å². The second-order valence-electron chi connectivity index (χ2n) is 3.40. The number of halogens is 1. The van der Waals surface area contributed by atoms with E-state index in [0.717, 1.165) is 6.07 Å². The lowest BCUT2D eigenvalue weighted by Crippen LogP contribution is -1.97. The second kappa shape index (κ2) is 4.21. The molecule has 17 heavy (non-hydrogen) atoms. The van der Waals surface area contributed by atoms with E-state index >= 15 is 0 Å². The molecule has 0 fully saturated rings. The van der Waals surface area contributed by atoms with Crippen molar-refractivity contribution in [3.05, 3.63) is 47.9 Å². The molecule has 1 heterocycles. The Kier molecular flexibility index (Phi) is 2.74. The molecule has 0 radical (unpaired) electrons. The first-order valence-electron chi connectivity index (χ1n) is 4.76. The summed E-state index contributed by atoms with van der Waals surface area (Å²) < 4.78 is 13.1. The Morgan fingerprint density at radius 2 is 2.00 bits per heavy atom. The van der Waals surface area contributed by atoms with E-state index in [9.17, 15) is 9.18 Å². The van der Waals surface area contributed by atoms with Gasteiger partial charge in [0.15, 0.2) is 11.6 Å². The van der Waals surface area contributed by atoms with Crippen LogP contribution < -0.4 is 0 Å². The average Bonchev–Trinajstić information content (AvgIpc) is 2.33. The summed E-state index contributed by atoms with van der Waals surface area (Å²) in [6.07, 6.45) is 1.20. The van der Waals surface area contributed by atoms with Gasteiger partial charge in [0.25, 0.3) is 0 Å². The van der Waals surface area contributed by atoms with Crippen molar-refractivity contribution in [2.75, 3.05) is 0 Å². The zero-order chi connectivity index (χ0) is 12.4. The van der Waals surface area contributed by atoms with Crippen LogP contribution in [-0.2, 0) is 0 Å². The van der Waals surface area contributed by atoms with Gasteiger partial charge in [0, 0.05) is 11.8 Å². The zero-order valence-electron chi connectivity index (χ0n) is 8.59. The van der Waals surface area contributed by atoms with E-state index < -0.39 is 17.5 Å². The number of rotatable bonds is 2. The van der Waals surface area contributed by atoms with Crippen molar-refractivity contribution in [2.24, 2.45) is 0 Å². The molecule has 0 bridgehead atoms. The van der Waals surface area contributed by atoms with Crippen LogP contribution in [0.15, 0.2) is 36.5 Å². The number of hydrogen-bond donors (Lipinski definition) is 2. The minimum absolute atomic E-state index is 0.0630. The van der Waals surface area contributed by atoms with Gasteiger partial charge in [-0.3, -0.25) is 4.98 Å². The van der Waals surface area contributed by atoms with E-state index in [1.807, 2.05) is 0 Å². The van der Waals surface area contributed by atoms with Crippen molar-refractivity contribution in [3.8, 4) is 17.0 Å². The van der Waals surface area contributed by atoms with Gasteiger partial charge in [0.2, 0.25) is 0 Å². The van der Waals surface area contributed by atoms with Crippen LogP contribution in [0.2, 0.25) is 0 Å². The molecule has 0 saturated heterocycles. The van der Waals surface area contributed by atoms with Crippen LogP contribution in [0.1, 0.15) is 10.4 Å². The Balaban J connectivity index is 2.39. The predicted molar refractivity (Wildman–Crippen MR) is 58.3 cm³/mol. The molecule has 2 N–H and O–H groups in total. The minimum atomic E-state index is -1.07. The van der Waals surface area contributed by atoms with Crippen LogP contribution in [0.3, 0.4) is 0 Å². The highest BCUT2D eigenvalue weighted by Crippen LogP contribution is 2.23. The van der Waals surface area contributed by atoms with E-state index in [4.69, 9.17) is 10.2 Å². The predicted octanol–water partition coefficient (Wildman–Crippen LogP) is 2.29. The Morgan fingerprint density at radius 1 is 1.24 bits per heavy atom. The number of pyridine rings is 1. The maximum absolute atomic E-state index is 13.1. The largest absolute Gasteiger partial charge is 0.505 e. The second-order valence-corrected chi connectivity index (χ2v) is 3.40. The van der Waals surface area contributed by atoms with Gasteiger partial charge < -0.3 is 10.2 Å². The van der Waals surface area contributed by atoms with E-state index in [-0.39, 0.29) is 5.56 Å². The standard InChI is InChI=1S/C12H8FNO3/c13-9-5-7(2-4-11(9)15)10-3-1-8(6-14-10)12(16)17/h1-6,15H,(H,16,17). The fourth-order valence-electron chi connectivity index (χ4n) is 1.36. The normalized spacial score (nSPS) is 10.2. The summed E-state index contributed by atoms with van der Waals surface area (Å²) in [4.78, 5) is 14.5. The van der Waals surface area contributed by atoms with Crippen molar-refractivity contribution in [1.82, 2.24) is 4.98 Å². The maximum Gasteiger partial charge on any atom is 0.337 e. The van der Waals surface area contributed by atoms with Crippen LogP contribution in [0, 0.1) is 5.82 Å². The third kappa shape index (κ3) is 2.23. The van der Waals surface area contributed by atoms with Crippen LogP contribution >= 0.6 is 0 Å². The fraction of sp³-hybridized carbons (Fsp3) is 0. The Hall–Kier alpha value is -2.43. The molecule has 4 nitrogen and oxygen atoms in total. The molecule has 0 unspecified atom stereocenters. The molecule has 2 aromatic rings. The molecule has 0 amide bonds. The Labute approximate surface area is 96.0 Å². The summed E-state index contributed by atoms with van der Waals surface area (Å²) in [5, 5.41) is 17.7. The smallest absolute Gasteiger partial charge is 0.337 e. The van der Waals surface area contributed by atoms with E-state index in [0.29, 0.717) is 11.3 Å². The molecule has 0 aliphatic carbocycles. The molecule has 0 saturated carbocycles. The number of phenols is 1. The number of benzene rings is 1. The fourth-order valence-corrected chi connectivity index (χ4v) is 1.36. The molecule has 0 atom stereocenters. The molecule has 0 spiro atoms. The van der Waals surface area contributed by atoms with Crippen molar-refractivity contribution in [3.63, 3.8) is 0 Å². The summed E-state index contributed by atoms with van der Waals surface area (Å²) in [7, 11) is 0. The van der Waals surface area contributed by atoms with Crippen molar-refractivity contribution in [1.29, 1.82) is 0 Å². The van der Waals surface area contributed by atoms with E-state index in [1.54, 1.807) is 0 Å². The number of carbonyl (C=O) groups is 1. The van der Waals surface area contributed by atoms with Gasteiger partial charge in [-0.05, 0) is 30.3 Å². The van der Waals surface area contributed by atoms with E-state index in [1.165, 1.54) is 30.5 Å². The SMILES string of the molecule is O=C(O)c1ccc(-c2ccc(O)c(F)c2)nc1. The van der Waals surface area contributed by atoms with Gasteiger partial charge in [-0.25, -0.2) is 9.18 Å². The number of aromatic carboxylic acids is 1. The lowest BCUT2D eigenvalue weighted by molar-refractivity contribution is 0.0696. The lowest BCUT2D eigenvalue weighted by atomic mass is 10.1. The molecule has 86 valence electrons. The quantitative estimate of drug-likeness (QED) is 0.834. The number of carboxylic acids is 1. The van der Waals surface area contributed by atoms with Gasteiger partial charge in [-0.15, -0.1) is 0 Å². The average molecular weight is 233 g/mol. The Morgan fingerprint density at radius 3 is 2.53 bits per heavy atom. The molecule has 1 aromatic carbocycles. The lowest BCUT2D eigenvalue weighted by Gasteiger charge is -2.02. The molecule has 1 aromatic heterocycles. The maximum atomic E-state index is 13.1. The third-order valence-corrected chi connectivity index (χ3v) is 2.25. The summed E-state index contributed by atoms with van der Waals surface area (Å²) in [5.74, 6) is -2.25. The van der Waals surface area contributed by atoms with Gasteiger partial charge >= 0.3 is 5.97 Å². The first kappa shape index (κ1) is 11.1. The molecule has 0 aliphatic rings. The highest BCUT2D eigenvalue weighted by atomic mass is 19.1. The van der Waals surface area contributed by atoms with Crippen molar-refractivity contribution >= 4 is 5.97 Å². The molecular weight excluding hydrogens is 225 g/mol. The number of hydrogen-bond acceptors (Lipinski definition) is 3. The topological polar surface area (TPSA) is 70.4 Å². The van der Waals surface area contributed by atoms with Crippen molar-refractivity contribution < 1.29 is 19.4 Å². The highest BCUT2D eigenvalue weighted by molar-refractivity contribution is 5.87. The Bertz CT molecular complexity index is 566. The number of aromatic hydroxyl groups is 1. The number of aromatic nitrogens is 1. The summed E-state index contributed by atoms with van der Waals surface area (Å²) in [5.41, 5.74) is 0.971. The van der Waals surface area contributed by atoms with Gasteiger partial charge in [0.05, 0.1) is 11.3 Å². The van der Waals surface area contributed by atoms with Crippen LogP contribution in [0.5, 0.6) is 5.75 Å². The number of nitrogens with zero attached hydrogens (tertiary/aromatic N) is 1. The highest BCUT2D eigenvalue weighted by Gasteiger charge is 2.07. The zero-order valence-corrected chi connectivity index (χ0v) is 8.59. The minimum Gasteiger partial charge on any atom is -0.505 e. The van der Waals surface area contributed by atoms with Crippen LogP contribution in [0.25, 0.3) is 11.3 Å². The third-order valence-electron chi connectivity index (χ3n) is 2.25. The molecular formula is C12H8FNO3.